The Kier molecular flexibility index (Phi) is 4.84. The van der Waals surface area contributed by atoms with Crippen molar-refractivity contribution in [1.29, 1.82) is 0 Å². The van der Waals surface area contributed by atoms with Crippen molar-refractivity contribution >= 4 is 15.9 Å². The Balaban J connectivity index is 1.85. The van der Waals surface area contributed by atoms with Gasteiger partial charge in [0.15, 0.2) is 11.6 Å². The number of rotatable bonds is 3. The van der Waals surface area contributed by atoms with Gasteiger partial charge in [0.05, 0.1) is 18.1 Å². The van der Waals surface area contributed by atoms with E-state index in [1.165, 1.54) is 0 Å². The van der Waals surface area contributed by atoms with Crippen LogP contribution in [0.5, 0.6) is 0 Å². The van der Waals surface area contributed by atoms with Crippen molar-refractivity contribution in [3.63, 3.8) is 0 Å². The van der Waals surface area contributed by atoms with Gasteiger partial charge in [-0.1, -0.05) is 0 Å². The molecule has 0 spiro atoms. The van der Waals surface area contributed by atoms with E-state index in [-0.39, 0.29) is 17.3 Å². The van der Waals surface area contributed by atoms with Crippen LogP contribution >= 0.6 is 0 Å². The number of hydrogen-bond acceptors (Lipinski definition) is 4. The van der Waals surface area contributed by atoms with Crippen LogP contribution in [0.25, 0.3) is 0 Å². The van der Waals surface area contributed by atoms with Gasteiger partial charge >= 0.3 is 0 Å². The summed E-state index contributed by atoms with van der Waals surface area (Å²) in [5.74, 6) is -2.61. The second kappa shape index (κ2) is 6.73. The zero-order valence-corrected chi connectivity index (χ0v) is 13.8. The zero-order chi connectivity index (χ0) is 17.3. The van der Waals surface area contributed by atoms with Crippen LogP contribution in [0.1, 0.15) is 12.8 Å². The molecule has 132 valence electrons. The maximum absolute atomic E-state index is 13.4. The number of halogens is 2. The van der Waals surface area contributed by atoms with Gasteiger partial charge in [0.2, 0.25) is 15.9 Å². The molecule has 1 aromatic carbocycles. The van der Waals surface area contributed by atoms with Crippen LogP contribution < -0.4 is 0 Å². The molecule has 0 unspecified atom stereocenters. The maximum Gasteiger partial charge on any atom is 0.243 e. The maximum atomic E-state index is 13.4. The third kappa shape index (κ3) is 3.15. The average molecular weight is 360 g/mol. The van der Waals surface area contributed by atoms with Gasteiger partial charge in [0.1, 0.15) is 6.04 Å². The van der Waals surface area contributed by atoms with Crippen LogP contribution in [0.2, 0.25) is 0 Å². The monoisotopic (exact) mass is 360 g/mol. The first-order chi connectivity index (χ1) is 11.4. The molecule has 0 N–H and O–H groups in total. The van der Waals surface area contributed by atoms with Gasteiger partial charge < -0.3 is 9.64 Å². The molecule has 24 heavy (non-hydrogen) atoms. The summed E-state index contributed by atoms with van der Waals surface area (Å²) in [5, 5.41) is 0. The van der Waals surface area contributed by atoms with Crippen molar-refractivity contribution in [2.45, 2.75) is 23.8 Å². The Morgan fingerprint density at radius 1 is 1.12 bits per heavy atom. The number of hydrogen-bond donors (Lipinski definition) is 0. The van der Waals surface area contributed by atoms with E-state index in [0.717, 1.165) is 16.4 Å². The fourth-order valence-corrected chi connectivity index (χ4v) is 4.71. The summed E-state index contributed by atoms with van der Waals surface area (Å²) >= 11 is 0. The largest absolute Gasteiger partial charge is 0.378 e. The first-order valence-corrected chi connectivity index (χ1v) is 9.18. The number of morpholine rings is 1. The standard InChI is InChI=1S/C15H18F2N2O4S/c16-12-4-3-11(10-13(12)17)24(21,22)19-5-1-2-14(19)15(20)18-6-8-23-9-7-18/h3-4,10,14H,1-2,5-9H2/t14-/m0/s1. The molecule has 0 saturated carbocycles. The summed E-state index contributed by atoms with van der Waals surface area (Å²) in [4.78, 5) is 13.9. The molecular weight excluding hydrogens is 342 g/mol. The lowest BCUT2D eigenvalue weighted by Crippen LogP contribution is -2.50. The Morgan fingerprint density at radius 3 is 2.50 bits per heavy atom. The fourth-order valence-electron chi connectivity index (χ4n) is 3.04. The number of sulfonamides is 1. The Morgan fingerprint density at radius 2 is 1.83 bits per heavy atom. The smallest absolute Gasteiger partial charge is 0.243 e. The average Bonchev–Trinajstić information content (AvgIpc) is 3.08. The van der Waals surface area contributed by atoms with Crippen molar-refractivity contribution in [2.24, 2.45) is 0 Å². The predicted molar refractivity (Wildman–Crippen MR) is 80.7 cm³/mol. The molecule has 0 radical (unpaired) electrons. The van der Waals surface area contributed by atoms with E-state index in [2.05, 4.69) is 0 Å². The molecule has 0 aromatic heterocycles. The lowest BCUT2D eigenvalue weighted by Gasteiger charge is -2.32. The highest BCUT2D eigenvalue weighted by Crippen LogP contribution is 2.28. The molecule has 9 heteroatoms. The van der Waals surface area contributed by atoms with Gasteiger partial charge in [-0.3, -0.25) is 4.79 Å². The number of benzene rings is 1. The third-order valence-electron chi connectivity index (χ3n) is 4.31. The summed E-state index contributed by atoms with van der Waals surface area (Å²) in [5.41, 5.74) is 0. The number of nitrogens with zero attached hydrogens (tertiary/aromatic N) is 2. The van der Waals surface area contributed by atoms with E-state index < -0.39 is 27.7 Å². The Hall–Kier alpha value is -1.58. The molecule has 2 heterocycles. The fraction of sp³-hybridized carbons (Fsp3) is 0.533. The van der Waals surface area contributed by atoms with Crippen LogP contribution in [0.3, 0.4) is 0 Å². The minimum Gasteiger partial charge on any atom is -0.378 e. The lowest BCUT2D eigenvalue weighted by atomic mass is 10.2. The quantitative estimate of drug-likeness (QED) is 0.806. The normalized spacial score (nSPS) is 22.8. The van der Waals surface area contributed by atoms with Gasteiger partial charge in [0, 0.05) is 19.6 Å². The topological polar surface area (TPSA) is 66.9 Å². The zero-order valence-electron chi connectivity index (χ0n) is 13.0. The Labute approximate surface area is 139 Å². The summed E-state index contributed by atoms with van der Waals surface area (Å²) in [6, 6.07) is 1.64. The van der Waals surface area contributed by atoms with Gasteiger partial charge in [-0.15, -0.1) is 0 Å². The second-order valence-corrected chi connectivity index (χ2v) is 7.68. The van der Waals surface area contributed by atoms with E-state index in [1.807, 2.05) is 0 Å². The van der Waals surface area contributed by atoms with Crippen molar-refractivity contribution in [1.82, 2.24) is 9.21 Å². The molecule has 0 bridgehead atoms. The minimum atomic E-state index is -4.06. The van der Waals surface area contributed by atoms with Crippen molar-refractivity contribution in [3.8, 4) is 0 Å². The van der Waals surface area contributed by atoms with E-state index in [4.69, 9.17) is 4.74 Å². The number of amides is 1. The highest BCUT2D eigenvalue weighted by molar-refractivity contribution is 7.89. The second-order valence-electron chi connectivity index (χ2n) is 5.79. The summed E-state index contributed by atoms with van der Waals surface area (Å²) in [7, 11) is -4.06. The third-order valence-corrected chi connectivity index (χ3v) is 6.21. The van der Waals surface area contributed by atoms with Crippen molar-refractivity contribution in [2.75, 3.05) is 32.8 Å². The molecule has 2 aliphatic rings. The first kappa shape index (κ1) is 17.2. The van der Waals surface area contributed by atoms with E-state index in [0.29, 0.717) is 45.2 Å². The van der Waals surface area contributed by atoms with Gasteiger partial charge in [-0.05, 0) is 31.0 Å². The number of ether oxygens (including phenoxy) is 1. The van der Waals surface area contributed by atoms with Crippen molar-refractivity contribution in [3.05, 3.63) is 29.8 Å². The molecule has 1 aromatic rings. The van der Waals surface area contributed by atoms with E-state index in [9.17, 15) is 22.0 Å². The molecule has 2 aliphatic heterocycles. The van der Waals surface area contributed by atoms with E-state index in [1.54, 1.807) is 4.90 Å². The van der Waals surface area contributed by atoms with Gasteiger partial charge in [-0.2, -0.15) is 4.31 Å². The highest BCUT2D eigenvalue weighted by Gasteiger charge is 2.41. The van der Waals surface area contributed by atoms with Gasteiger partial charge in [-0.25, -0.2) is 17.2 Å². The van der Waals surface area contributed by atoms with Crippen LogP contribution in [0, 0.1) is 11.6 Å². The van der Waals surface area contributed by atoms with Crippen LogP contribution in [0.4, 0.5) is 8.78 Å². The van der Waals surface area contributed by atoms with Gasteiger partial charge in [0.25, 0.3) is 0 Å². The SMILES string of the molecule is O=C([C@@H]1CCCN1S(=O)(=O)c1ccc(F)c(F)c1)N1CCOCC1. The molecular formula is C15H18F2N2O4S. The minimum absolute atomic E-state index is 0.183. The van der Waals surface area contributed by atoms with Crippen LogP contribution in [-0.2, 0) is 19.6 Å². The van der Waals surface area contributed by atoms with Crippen LogP contribution in [-0.4, -0.2) is 62.4 Å². The predicted octanol–water partition coefficient (Wildman–Crippen LogP) is 0.977. The lowest BCUT2D eigenvalue weighted by molar-refractivity contribution is -0.138. The summed E-state index contributed by atoms with van der Waals surface area (Å²) in [6.07, 6.45) is 0.961. The molecule has 2 saturated heterocycles. The Bertz CT molecular complexity index is 735. The number of carbonyl (C=O) groups is 1. The first-order valence-electron chi connectivity index (χ1n) is 7.74. The molecule has 1 amide bonds. The molecule has 3 rings (SSSR count). The molecule has 1 atom stereocenters. The van der Waals surface area contributed by atoms with E-state index >= 15 is 0 Å². The van der Waals surface area contributed by atoms with Crippen LogP contribution in [0.15, 0.2) is 23.1 Å². The summed E-state index contributed by atoms with van der Waals surface area (Å²) in [6.45, 7) is 1.88. The highest BCUT2D eigenvalue weighted by atomic mass is 32.2. The summed E-state index contributed by atoms with van der Waals surface area (Å²) < 4.78 is 58.2. The number of carbonyl (C=O) groups excluding carboxylic acids is 1. The van der Waals surface area contributed by atoms with Crippen molar-refractivity contribution < 1.29 is 26.7 Å². The molecule has 2 fully saturated rings. The molecule has 6 nitrogen and oxygen atoms in total. The molecule has 0 aliphatic carbocycles.